The summed E-state index contributed by atoms with van der Waals surface area (Å²) in [6.07, 6.45) is 0.807. The van der Waals surface area contributed by atoms with Crippen molar-refractivity contribution in [1.29, 1.82) is 0 Å². The minimum Gasteiger partial charge on any atom is -0.384 e. The molecule has 0 fully saturated rings. The minimum absolute atomic E-state index is 0.195. The second-order valence-corrected chi connectivity index (χ2v) is 6.26. The van der Waals surface area contributed by atoms with Crippen LogP contribution < -0.4 is 0 Å². The number of carbonyl (C=O) groups is 1. The molecule has 23 heavy (non-hydrogen) atoms. The van der Waals surface area contributed by atoms with Gasteiger partial charge in [0, 0.05) is 19.5 Å². The van der Waals surface area contributed by atoms with Crippen LogP contribution in [-0.2, 0) is 17.8 Å². The number of aryl methyl sites for hydroxylation is 1. The summed E-state index contributed by atoms with van der Waals surface area (Å²) in [5, 5.41) is 10.6. The SMILES string of the molecule is CCC(=O)N1CCc2ccc(C(O)c3ccc(C)cc3)cc2C1. The molecule has 3 rings (SSSR count). The first kappa shape index (κ1) is 15.8. The molecule has 1 aliphatic rings. The lowest BCUT2D eigenvalue weighted by Gasteiger charge is -2.29. The van der Waals surface area contributed by atoms with E-state index in [-0.39, 0.29) is 5.91 Å². The van der Waals surface area contributed by atoms with Crippen LogP contribution in [0.1, 0.15) is 47.3 Å². The van der Waals surface area contributed by atoms with Crippen LogP contribution in [0.3, 0.4) is 0 Å². The second kappa shape index (κ2) is 6.55. The standard InChI is InChI=1S/C20H23NO2/c1-3-19(22)21-11-10-15-8-9-17(12-18(15)13-21)20(23)16-6-4-14(2)5-7-16/h4-9,12,20,23H,3,10-11,13H2,1-2H3. The van der Waals surface area contributed by atoms with E-state index in [0.29, 0.717) is 13.0 Å². The number of nitrogens with zero attached hydrogens (tertiary/aromatic N) is 1. The first-order valence-corrected chi connectivity index (χ1v) is 8.22. The zero-order valence-electron chi connectivity index (χ0n) is 13.7. The third kappa shape index (κ3) is 3.30. The summed E-state index contributed by atoms with van der Waals surface area (Å²) >= 11 is 0. The molecule has 0 bridgehead atoms. The van der Waals surface area contributed by atoms with Crippen molar-refractivity contribution >= 4 is 5.91 Å². The maximum Gasteiger partial charge on any atom is 0.222 e. The van der Waals surface area contributed by atoms with Gasteiger partial charge in [0.05, 0.1) is 0 Å². The highest BCUT2D eigenvalue weighted by Crippen LogP contribution is 2.27. The second-order valence-electron chi connectivity index (χ2n) is 6.26. The Morgan fingerprint density at radius 1 is 1.13 bits per heavy atom. The predicted octanol–water partition coefficient (Wildman–Crippen LogP) is 3.37. The number of benzene rings is 2. The molecule has 3 heteroatoms. The van der Waals surface area contributed by atoms with E-state index in [1.54, 1.807) is 0 Å². The highest BCUT2D eigenvalue weighted by atomic mass is 16.3. The van der Waals surface area contributed by atoms with Crippen molar-refractivity contribution < 1.29 is 9.90 Å². The zero-order valence-corrected chi connectivity index (χ0v) is 13.7. The van der Waals surface area contributed by atoms with E-state index in [4.69, 9.17) is 0 Å². The van der Waals surface area contributed by atoms with Gasteiger partial charge >= 0.3 is 0 Å². The van der Waals surface area contributed by atoms with Gasteiger partial charge < -0.3 is 10.0 Å². The Kier molecular flexibility index (Phi) is 4.49. The van der Waals surface area contributed by atoms with Crippen LogP contribution in [0.25, 0.3) is 0 Å². The lowest BCUT2D eigenvalue weighted by Crippen LogP contribution is -2.35. The predicted molar refractivity (Wildman–Crippen MR) is 91.1 cm³/mol. The average Bonchev–Trinajstić information content (AvgIpc) is 2.60. The van der Waals surface area contributed by atoms with Crippen molar-refractivity contribution in [2.24, 2.45) is 0 Å². The summed E-state index contributed by atoms with van der Waals surface area (Å²) in [7, 11) is 0. The molecular weight excluding hydrogens is 286 g/mol. The molecule has 0 saturated carbocycles. The molecule has 2 aromatic rings. The Hall–Kier alpha value is -2.13. The molecule has 1 atom stereocenters. The number of fused-ring (bicyclic) bond motifs is 1. The summed E-state index contributed by atoms with van der Waals surface area (Å²) in [4.78, 5) is 13.8. The minimum atomic E-state index is -0.627. The van der Waals surface area contributed by atoms with Crippen molar-refractivity contribution in [3.63, 3.8) is 0 Å². The van der Waals surface area contributed by atoms with Crippen LogP contribution in [0.4, 0.5) is 0 Å². The van der Waals surface area contributed by atoms with Gasteiger partial charge in [0.25, 0.3) is 0 Å². The Morgan fingerprint density at radius 2 is 1.83 bits per heavy atom. The number of rotatable bonds is 3. The van der Waals surface area contributed by atoms with Crippen LogP contribution in [-0.4, -0.2) is 22.5 Å². The Bertz CT molecular complexity index is 706. The fourth-order valence-corrected chi connectivity index (χ4v) is 3.12. The topological polar surface area (TPSA) is 40.5 Å². The van der Waals surface area contributed by atoms with E-state index < -0.39 is 6.10 Å². The fraction of sp³-hybridized carbons (Fsp3) is 0.350. The van der Waals surface area contributed by atoms with Crippen molar-refractivity contribution in [1.82, 2.24) is 4.90 Å². The lowest BCUT2D eigenvalue weighted by atomic mass is 9.93. The summed E-state index contributed by atoms with van der Waals surface area (Å²) in [6.45, 7) is 5.37. The molecule has 1 amide bonds. The van der Waals surface area contributed by atoms with Gasteiger partial charge in [-0.25, -0.2) is 0 Å². The Morgan fingerprint density at radius 3 is 2.52 bits per heavy atom. The van der Waals surface area contributed by atoms with Crippen LogP contribution in [0.5, 0.6) is 0 Å². The van der Waals surface area contributed by atoms with E-state index in [1.165, 1.54) is 11.1 Å². The third-order valence-corrected chi connectivity index (χ3v) is 4.61. The largest absolute Gasteiger partial charge is 0.384 e. The summed E-state index contributed by atoms with van der Waals surface area (Å²) < 4.78 is 0. The number of amides is 1. The van der Waals surface area contributed by atoms with Crippen LogP contribution >= 0.6 is 0 Å². The van der Waals surface area contributed by atoms with Gasteiger partial charge in [0.2, 0.25) is 5.91 Å². The fourth-order valence-electron chi connectivity index (χ4n) is 3.12. The summed E-state index contributed by atoms with van der Waals surface area (Å²) in [5.41, 5.74) is 5.40. The van der Waals surface area contributed by atoms with Crippen molar-refractivity contribution in [2.75, 3.05) is 6.54 Å². The molecular formula is C20H23NO2. The molecule has 1 unspecified atom stereocenters. The van der Waals surface area contributed by atoms with E-state index in [9.17, 15) is 9.90 Å². The summed E-state index contributed by atoms with van der Waals surface area (Å²) in [5.74, 6) is 0.195. The van der Waals surface area contributed by atoms with E-state index in [2.05, 4.69) is 12.1 Å². The van der Waals surface area contributed by atoms with Gasteiger partial charge in [-0.05, 0) is 35.6 Å². The zero-order chi connectivity index (χ0) is 16.4. The molecule has 3 nitrogen and oxygen atoms in total. The van der Waals surface area contributed by atoms with Crippen LogP contribution in [0.15, 0.2) is 42.5 Å². The average molecular weight is 309 g/mol. The quantitative estimate of drug-likeness (QED) is 0.944. The van der Waals surface area contributed by atoms with Gasteiger partial charge in [-0.15, -0.1) is 0 Å². The number of aliphatic hydroxyl groups is 1. The van der Waals surface area contributed by atoms with Gasteiger partial charge in [0.15, 0.2) is 0 Å². The normalized spacial score (nSPS) is 15.2. The van der Waals surface area contributed by atoms with Crippen molar-refractivity contribution in [3.05, 3.63) is 70.3 Å². The maximum absolute atomic E-state index is 11.9. The maximum atomic E-state index is 11.9. The molecule has 0 aromatic heterocycles. The molecule has 1 N–H and O–H groups in total. The number of hydrogen-bond acceptors (Lipinski definition) is 2. The van der Waals surface area contributed by atoms with Crippen LogP contribution in [0.2, 0.25) is 0 Å². The Labute approximate surface area is 137 Å². The third-order valence-electron chi connectivity index (χ3n) is 4.61. The highest BCUT2D eigenvalue weighted by molar-refractivity contribution is 5.76. The number of hydrogen-bond donors (Lipinski definition) is 1. The first-order valence-electron chi connectivity index (χ1n) is 8.22. The molecule has 0 radical (unpaired) electrons. The molecule has 120 valence electrons. The smallest absolute Gasteiger partial charge is 0.222 e. The number of carbonyl (C=O) groups excluding carboxylic acids is 1. The molecule has 1 aliphatic heterocycles. The Balaban J connectivity index is 1.85. The lowest BCUT2D eigenvalue weighted by molar-refractivity contribution is -0.131. The van der Waals surface area contributed by atoms with Crippen LogP contribution in [0, 0.1) is 6.92 Å². The molecule has 0 saturated heterocycles. The van der Waals surface area contributed by atoms with Gasteiger partial charge in [-0.1, -0.05) is 55.0 Å². The first-order chi connectivity index (χ1) is 11.1. The highest BCUT2D eigenvalue weighted by Gasteiger charge is 2.21. The molecule has 0 spiro atoms. The summed E-state index contributed by atoms with van der Waals surface area (Å²) in [6, 6.07) is 14.1. The van der Waals surface area contributed by atoms with Crippen molar-refractivity contribution in [3.8, 4) is 0 Å². The monoisotopic (exact) mass is 309 g/mol. The molecule has 1 heterocycles. The molecule has 0 aliphatic carbocycles. The van der Waals surface area contributed by atoms with Gasteiger partial charge in [0.1, 0.15) is 6.10 Å². The number of aliphatic hydroxyl groups excluding tert-OH is 1. The van der Waals surface area contributed by atoms with Crippen molar-refractivity contribution in [2.45, 2.75) is 39.3 Å². The van der Waals surface area contributed by atoms with E-state index >= 15 is 0 Å². The van der Waals surface area contributed by atoms with E-state index in [0.717, 1.165) is 29.7 Å². The molecule has 2 aromatic carbocycles. The van der Waals surface area contributed by atoms with Gasteiger partial charge in [-0.3, -0.25) is 4.79 Å². The van der Waals surface area contributed by atoms with Gasteiger partial charge in [-0.2, -0.15) is 0 Å². The van der Waals surface area contributed by atoms with E-state index in [1.807, 2.05) is 49.1 Å².